The maximum Gasteiger partial charge on any atom is 0.113 e. The lowest BCUT2D eigenvalue weighted by atomic mass is 9.97. The van der Waals surface area contributed by atoms with E-state index in [9.17, 15) is 4.39 Å². The van der Waals surface area contributed by atoms with Crippen LogP contribution in [0.15, 0.2) is 42.6 Å². The third-order valence-electron chi connectivity index (χ3n) is 4.88. The number of nitrogens with zero attached hydrogens (tertiary/aromatic N) is 2. The Morgan fingerprint density at radius 2 is 1.96 bits per heavy atom. The standard InChI is InChI=1S/C20H21FN2O/c21-9-11-22-12-13-24-20-18(22)8-10-23-15-17(14-19(20)23)7-6-16-4-2-1-3-5-16/h1-5,14-15,18,20H,8-13H2/t18?,20-/m0/s1. The minimum atomic E-state index is -0.294. The number of rotatable bonds is 2. The average Bonchev–Trinajstić information content (AvgIpc) is 3.05. The number of aromatic nitrogens is 1. The van der Waals surface area contributed by atoms with Crippen LogP contribution >= 0.6 is 0 Å². The van der Waals surface area contributed by atoms with E-state index in [1.165, 1.54) is 5.69 Å². The summed E-state index contributed by atoms with van der Waals surface area (Å²) in [6, 6.07) is 12.4. The Labute approximate surface area is 142 Å². The molecule has 1 fully saturated rings. The molecule has 24 heavy (non-hydrogen) atoms. The summed E-state index contributed by atoms with van der Waals surface area (Å²) in [4.78, 5) is 2.24. The van der Waals surface area contributed by atoms with Gasteiger partial charge in [0.15, 0.2) is 0 Å². The fraction of sp³-hybridized carbons (Fsp3) is 0.400. The van der Waals surface area contributed by atoms with Gasteiger partial charge in [-0.05, 0) is 24.6 Å². The number of morpholine rings is 1. The summed E-state index contributed by atoms with van der Waals surface area (Å²) in [5.74, 6) is 6.46. The number of ether oxygens (including phenoxy) is 1. The smallest absolute Gasteiger partial charge is 0.113 e. The molecule has 0 amide bonds. The van der Waals surface area contributed by atoms with Gasteiger partial charge in [-0.2, -0.15) is 0 Å². The molecule has 3 nitrogen and oxygen atoms in total. The van der Waals surface area contributed by atoms with Crippen LogP contribution in [0.4, 0.5) is 4.39 Å². The number of alkyl halides is 1. The fourth-order valence-corrected chi connectivity index (χ4v) is 3.73. The first kappa shape index (κ1) is 15.4. The van der Waals surface area contributed by atoms with Gasteiger partial charge < -0.3 is 9.30 Å². The van der Waals surface area contributed by atoms with Gasteiger partial charge in [-0.1, -0.05) is 30.0 Å². The van der Waals surface area contributed by atoms with Crippen molar-refractivity contribution in [2.45, 2.75) is 25.1 Å². The van der Waals surface area contributed by atoms with Crippen LogP contribution in [-0.2, 0) is 11.3 Å². The predicted octanol–water partition coefficient (Wildman–Crippen LogP) is 3.00. The molecular weight excluding hydrogens is 303 g/mol. The highest BCUT2D eigenvalue weighted by Gasteiger charge is 2.37. The van der Waals surface area contributed by atoms with Crippen LogP contribution in [0.2, 0.25) is 0 Å². The number of halogens is 1. The van der Waals surface area contributed by atoms with Crippen LogP contribution in [0.25, 0.3) is 0 Å². The highest BCUT2D eigenvalue weighted by molar-refractivity contribution is 5.43. The van der Waals surface area contributed by atoms with E-state index >= 15 is 0 Å². The topological polar surface area (TPSA) is 17.4 Å². The molecule has 1 aromatic carbocycles. The number of aryl methyl sites for hydroxylation is 1. The quantitative estimate of drug-likeness (QED) is 0.790. The predicted molar refractivity (Wildman–Crippen MR) is 91.5 cm³/mol. The van der Waals surface area contributed by atoms with E-state index in [0.717, 1.165) is 30.6 Å². The number of hydrogen-bond acceptors (Lipinski definition) is 2. The van der Waals surface area contributed by atoms with Crippen LogP contribution in [0.3, 0.4) is 0 Å². The molecule has 1 unspecified atom stereocenters. The van der Waals surface area contributed by atoms with Crippen molar-refractivity contribution in [2.75, 3.05) is 26.4 Å². The Hall–Kier alpha value is -2.09. The Kier molecular flexibility index (Phi) is 4.38. The Balaban J connectivity index is 1.58. The summed E-state index contributed by atoms with van der Waals surface area (Å²) in [7, 11) is 0. The van der Waals surface area contributed by atoms with Crippen molar-refractivity contribution in [3.05, 3.63) is 59.4 Å². The Bertz CT molecular complexity index is 757. The van der Waals surface area contributed by atoms with Gasteiger partial charge in [0.2, 0.25) is 0 Å². The van der Waals surface area contributed by atoms with E-state index in [0.29, 0.717) is 13.2 Å². The van der Waals surface area contributed by atoms with Gasteiger partial charge in [0.1, 0.15) is 12.8 Å². The molecule has 1 aromatic heterocycles. The summed E-state index contributed by atoms with van der Waals surface area (Å²) < 4.78 is 21.1. The first-order valence-electron chi connectivity index (χ1n) is 8.54. The van der Waals surface area contributed by atoms with Gasteiger partial charge in [0, 0.05) is 48.7 Å². The minimum Gasteiger partial charge on any atom is -0.369 e. The average molecular weight is 324 g/mol. The molecule has 3 heterocycles. The minimum absolute atomic E-state index is 0.0336. The van der Waals surface area contributed by atoms with Gasteiger partial charge in [-0.15, -0.1) is 0 Å². The molecule has 0 bridgehead atoms. The van der Waals surface area contributed by atoms with Gasteiger partial charge in [-0.3, -0.25) is 4.90 Å². The van der Waals surface area contributed by atoms with Crippen molar-refractivity contribution in [1.82, 2.24) is 9.47 Å². The lowest BCUT2D eigenvalue weighted by molar-refractivity contribution is -0.0888. The monoisotopic (exact) mass is 324 g/mol. The van der Waals surface area contributed by atoms with E-state index in [4.69, 9.17) is 4.74 Å². The second-order valence-electron chi connectivity index (χ2n) is 6.34. The highest BCUT2D eigenvalue weighted by atomic mass is 19.1. The van der Waals surface area contributed by atoms with Gasteiger partial charge in [0.05, 0.1) is 6.61 Å². The molecule has 2 aromatic rings. The molecular formula is C20H21FN2O. The SMILES string of the molecule is FCCN1CCO[C@@H]2c3cc(C#Cc4ccccc4)cn3CCC21. The van der Waals surface area contributed by atoms with E-state index in [-0.39, 0.29) is 18.8 Å². The summed E-state index contributed by atoms with van der Waals surface area (Å²) in [5, 5.41) is 0. The van der Waals surface area contributed by atoms with Crippen LogP contribution in [0, 0.1) is 11.8 Å². The van der Waals surface area contributed by atoms with E-state index in [1.807, 2.05) is 30.3 Å². The van der Waals surface area contributed by atoms with E-state index in [2.05, 4.69) is 33.6 Å². The summed E-state index contributed by atoms with van der Waals surface area (Å²) in [6.45, 7) is 2.64. The molecule has 0 saturated carbocycles. The molecule has 2 atom stereocenters. The number of benzene rings is 1. The van der Waals surface area contributed by atoms with Gasteiger partial charge in [-0.25, -0.2) is 4.39 Å². The second-order valence-corrected chi connectivity index (χ2v) is 6.34. The number of hydrogen-bond donors (Lipinski definition) is 0. The normalized spacial score (nSPS) is 23.0. The van der Waals surface area contributed by atoms with E-state index in [1.54, 1.807) is 0 Å². The summed E-state index contributed by atoms with van der Waals surface area (Å²) >= 11 is 0. The molecule has 1 saturated heterocycles. The second kappa shape index (κ2) is 6.80. The van der Waals surface area contributed by atoms with Crippen LogP contribution in [0.1, 0.15) is 29.3 Å². The lowest BCUT2D eigenvalue weighted by Crippen LogP contribution is -2.50. The van der Waals surface area contributed by atoms with Crippen molar-refractivity contribution >= 4 is 0 Å². The zero-order valence-corrected chi connectivity index (χ0v) is 13.6. The molecule has 2 aliphatic rings. The van der Waals surface area contributed by atoms with E-state index < -0.39 is 0 Å². The fourth-order valence-electron chi connectivity index (χ4n) is 3.73. The van der Waals surface area contributed by atoms with Gasteiger partial charge in [0.25, 0.3) is 0 Å². The molecule has 2 aliphatic heterocycles. The molecule has 0 N–H and O–H groups in total. The maximum atomic E-state index is 12.8. The third kappa shape index (κ3) is 2.98. The first-order valence-corrected chi connectivity index (χ1v) is 8.54. The number of fused-ring (bicyclic) bond motifs is 3. The van der Waals surface area contributed by atoms with Gasteiger partial charge >= 0.3 is 0 Å². The van der Waals surface area contributed by atoms with Crippen molar-refractivity contribution in [3.63, 3.8) is 0 Å². The molecule has 124 valence electrons. The van der Waals surface area contributed by atoms with Crippen LogP contribution in [-0.4, -0.2) is 41.9 Å². The first-order chi connectivity index (χ1) is 11.8. The summed E-state index contributed by atoms with van der Waals surface area (Å²) in [5.41, 5.74) is 3.20. The van der Waals surface area contributed by atoms with Crippen molar-refractivity contribution in [3.8, 4) is 11.8 Å². The molecule has 4 rings (SSSR count). The maximum absolute atomic E-state index is 12.8. The largest absolute Gasteiger partial charge is 0.369 e. The highest BCUT2D eigenvalue weighted by Crippen LogP contribution is 2.35. The zero-order valence-electron chi connectivity index (χ0n) is 13.6. The van der Waals surface area contributed by atoms with Crippen molar-refractivity contribution in [2.24, 2.45) is 0 Å². The third-order valence-corrected chi connectivity index (χ3v) is 4.88. The van der Waals surface area contributed by atoms with Crippen molar-refractivity contribution in [1.29, 1.82) is 0 Å². The van der Waals surface area contributed by atoms with Crippen molar-refractivity contribution < 1.29 is 9.13 Å². The molecule has 0 radical (unpaired) electrons. The van der Waals surface area contributed by atoms with Crippen LogP contribution < -0.4 is 0 Å². The molecule has 0 aliphatic carbocycles. The molecule has 4 heteroatoms. The lowest BCUT2D eigenvalue weighted by Gasteiger charge is -2.43. The van der Waals surface area contributed by atoms with Crippen LogP contribution in [0.5, 0.6) is 0 Å². The molecule has 0 spiro atoms. The zero-order chi connectivity index (χ0) is 16.4. The summed E-state index contributed by atoms with van der Waals surface area (Å²) in [6.07, 6.45) is 3.14. The Morgan fingerprint density at radius 3 is 2.79 bits per heavy atom. The Morgan fingerprint density at radius 1 is 1.12 bits per heavy atom.